The lowest BCUT2D eigenvalue weighted by molar-refractivity contribution is -0.123. The van der Waals surface area contributed by atoms with Crippen LogP contribution in [-0.2, 0) is 9.59 Å². The molecular formula is C26H29N3O3. The molecule has 32 heavy (non-hydrogen) atoms. The van der Waals surface area contributed by atoms with Gasteiger partial charge >= 0.3 is 0 Å². The molecule has 0 aliphatic heterocycles. The van der Waals surface area contributed by atoms with Gasteiger partial charge in [-0.05, 0) is 55.4 Å². The van der Waals surface area contributed by atoms with Crippen molar-refractivity contribution in [3.8, 4) is 5.75 Å². The van der Waals surface area contributed by atoms with E-state index in [4.69, 9.17) is 4.74 Å². The predicted octanol–water partition coefficient (Wildman–Crippen LogP) is 4.64. The minimum absolute atomic E-state index is 0.0728. The first kappa shape index (κ1) is 23.0. The van der Waals surface area contributed by atoms with Crippen molar-refractivity contribution in [3.05, 3.63) is 90.0 Å². The van der Waals surface area contributed by atoms with Crippen molar-refractivity contribution >= 4 is 23.2 Å². The van der Waals surface area contributed by atoms with Gasteiger partial charge < -0.3 is 15.4 Å². The van der Waals surface area contributed by atoms with Gasteiger partial charge in [0.25, 0.3) is 0 Å². The summed E-state index contributed by atoms with van der Waals surface area (Å²) in [6.07, 6.45) is 0. The Bertz CT molecular complexity index is 1020. The van der Waals surface area contributed by atoms with Gasteiger partial charge in [0.15, 0.2) is 0 Å². The molecule has 1 unspecified atom stereocenters. The average molecular weight is 432 g/mol. The van der Waals surface area contributed by atoms with Crippen LogP contribution in [0.5, 0.6) is 5.75 Å². The van der Waals surface area contributed by atoms with Crippen LogP contribution in [0.25, 0.3) is 0 Å². The number of nitrogens with zero attached hydrogens (tertiary/aromatic N) is 1. The van der Waals surface area contributed by atoms with Gasteiger partial charge in [-0.3, -0.25) is 14.5 Å². The molecule has 6 heteroatoms. The van der Waals surface area contributed by atoms with Crippen molar-refractivity contribution in [3.63, 3.8) is 0 Å². The molecule has 1 atom stereocenters. The largest absolute Gasteiger partial charge is 0.497 e. The molecule has 0 spiro atoms. The van der Waals surface area contributed by atoms with Crippen LogP contribution in [0.2, 0.25) is 0 Å². The predicted molar refractivity (Wildman–Crippen MR) is 128 cm³/mol. The summed E-state index contributed by atoms with van der Waals surface area (Å²) in [5.74, 6) is 0.343. The number of hydrogen-bond acceptors (Lipinski definition) is 4. The molecule has 166 valence electrons. The number of likely N-dealkylation sites (N-methyl/N-ethyl adjacent to an activating group) is 1. The number of amides is 2. The number of nitrogens with one attached hydrogen (secondary N) is 2. The highest BCUT2D eigenvalue weighted by molar-refractivity contribution is 5.97. The Morgan fingerprint density at radius 1 is 0.875 bits per heavy atom. The quantitative estimate of drug-likeness (QED) is 0.518. The zero-order valence-corrected chi connectivity index (χ0v) is 18.7. The second-order valence-corrected chi connectivity index (χ2v) is 7.51. The summed E-state index contributed by atoms with van der Waals surface area (Å²) in [5.41, 5.74) is 3.34. The summed E-state index contributed by atoms with van der Waals surface area (Å²) in [6, 6.07) is 23.7. The molecule has 0 bridgehead atoms. The van der Waals surface area contributed by atoms with E-state index in [0.717, 1.165) is 22.6 Å². The number of methoxy groups -OCH3 is 1. The van der Waals surface area contributed by atoms with E-state index in [9.17, 15) is 9.59 Å². The normalized spacial score (nSPS) is 11.6. The Kier molecular flexibility index (Phi) is 8.00. The van der Waals surface area contributed by atoms with E-state index >= 15 is 0 Å². The molecule has 3 aromatic carbocycles. The molecular weight excluding hydrogens is 402 g/mol. The molecule has 0 radical (unpaired) electrons. The number of ether oxygens (including phenoxy) is 1. The van der Waals surface area contributed by atoms with Crippen LogP contribution in [0.4, 0.5) is 11.4 Å². The van der Waals surface area contributed by atoms with E-state index in [2.05, 4.69) is 10.6 Å². The lowest BCUT2D eigenvalue weighted by Crippen LogP contribution is -2.41. The lowest BCUT2D eigenvalue weighted by Gasteiger charge is -2.29. The molecule has 3 rings (SSSR count). The Hall–Kier alpha value is -3.64. The fourth-order valence-electron chi connectivity index (χ4n) is 3.46. The molecule has 0 aliphatic rings. The van der Waals surface area contributed by atoms with Crippen molar-refractivity contribution in [1.29, 1.82) is 0 Å². The van der Waals surface area contributed by atoms with Gasteiger partial charge in [0.1, 0.15) is 11.8 Å². The van der Waals surface area contributed by atoms with Crippen molar-refractivity contribution in [2.45, 2.75) is 19.9 Å². The van der Waals surface area contributed by atoms with Gasteiger partial charge in [-0.15, -0.1) is 0 Å². The second kappa shape index (κ2) is 11.1. The van der Waals surface area contributed by atoms with Gasteiger partial charge in [-0.1, -0.05) is 55.0 Å². The first-order valence-corrected chi connectivity index (χ1v) is 10.6. The van der Waals surface area contributed by atoms with Gasteiger partial charge in [0.2, 0.25) is 11.8 Å². The number of aryl methyl sites for hydroxylation is 1. The Labute approximate surface area is 189 Å². The van der Waals surface area contributed by atoms with Crippen LogP contribution >= 0.6 is 0 Å². The molecule has 0 fully saturated rings. The third-order valence-electron chi connectivity index (χ3n) is 5.17. The standard InChI is InChI=1S/C26H29N3O3/c1-4-29(18-24(30)27-21-14-16-23(32-3)17-15-21)25(20-8-6-5-7-9-20)26(31)28-22-12-10-19(2)11-13-22/h5-17,25H,4,18H2,1-3H3,(H,27,30)(H,28,31). The summed E-state index contributed by atoms with van der Waals surface area (Å²) in [4.78, 5) is 27.9. The minimum atomic E-state index is -0.607. The van der Waals surface area contributed by atoms with Crippen molar-refractivity contribution in [2.24, 2.45) is 0 Å². The number of carbonyl (C=O) groups excluding carboxylic acids is 2. The fraction of sp³-hybridized carbons (Fsp3) is 0.231. The fourth-order valence-corrected chi connectivity index (χ4v) is 3.46. The summed E-state index contributed by atoms with van der Waals surface area (Å²) < 4.78 is 5.15. The molecule has 0 saturated heterocycles. The van der Waals surface area contributed by atoms with E-state index in [1.165, 1.54) is 0 Å². The van der Waals surface area contributed by atoms with E-state index < -0.39 is 6.04 Å². The maximum absolute atomic E-state index is 13.3. The van der Waals surface area contributed by atoms with Crippen LogP contribution in [0, 0.1) is 6.92 Å². The highest BCUT2D eigenvalue weighted by Crippen LogP contribution is 2.23. The number of hydrogen-bond donors (Lipinski definition) is 2. The molecule has 2 amide bonds. The third-order valence-corrected chi connectivity index (χ3v) is 5.17. The summed E-state index contributed by atoms with van der Waals surface area (Å²) in [5, 5.41) is 5.88. The molecule has 3 aromatic rings. The lowest BCUT2D eigenvalue weighted by atomic mass is 10.0. The number of carbonyl (C=O) groups is 2. The Morgan fingerprint density at radius 3 is 2.06 bits per heavy atom. The molecule has 0 aromatic heterocycles. The van der Waals surface area contributed by atoms with Crippen LogP contribution < -0.4 is 15.4 Å². The molecule has 6 nitrogen and oxygen atoms in total. The minimum Gasteiger partial charge on any atom is -0.497 e. The molecule has 0 aliphatic carbocycles. The topological polar surface area (TPSA) is 70.7 Å². The zero-order chi connectivity index (χ0) is 22.9. The van der Waals surface area contributed by atoms with E-state index in [1.807, 2.05) is 73.3 Å². The monoisotopic (exact) mass is 431 g/mol. The van der Waals surface area contributed by atoms with Gasteiger partial charge in [0, 0.05) is 11.4 Å². The van der Waals surface area contributed by atoms with Crippen LogP contribution in [-0.4, -0.2) is 36.9 Å². The number of anilines is 2. The van der Waals surface area contributed by atoms with Gasteiger partial charge in [-0.25, -0.2) is 0 Å². The van der Waals surface area contributed by atoms with Crippen molar-refractivity contribution < 1.29 is 14.3 Å². The van der Waals surface area contributed by atoms with Gasteiger partial charge in [0.05, 0.1) is 13.7 Å². The van der Waals surface area contributed by atoms with E-state index in [-0.39, 0.29) is 18.4 Å². The summed E-state index contributed by atoms with van der Waals surface area (Å²) in [6.45, 7) is 4.54. The molecule has 2 N–H and O–H groups in total. The average Bonchev–Trinajstić information content (AvgIpc) is 2.81. The Balaban J connectivity index is 1.77. The number of rotatable bonds is 9. The van der Waals surface area contributed by atoms with Crippen molar-refractivity contribution in [1.82, 2.24) is 4.90 Å². The maximum Gasteiger partial charge on any atom is 0.246 e. The summed E-state index contributed by atoms with van der Waals surface area (Å²) in [7, 11) is 1.60. The SMILES string of the molecule is CCN(CC(=O)Nc1ccc(OC)cc1)C(C(=O)Nc1ccc(C)cc1)c1ccccc1. The van der Waals surface area contributed by atoms with Crippen molar-refractivity contribution in [2.75, 3.05) is 30.8 Å². The van der Waals surface area contributed by atoms with Crippen LogP contribution in [0.3, 0.4) is 0 Å². The van der Waals surface area contributed by atoms with E-state index in [1.54, 1.807) is 31.4 Å². The molecule has 0 heterocycles. The maximum atomic E-state index is 13.3. The van der Waals surface area contributed by atoms with E-state index in [0.29, 0.717) is 12.2 Å². The van der Waals surface area contributed by atoms with Crippen LogP contribution in [0.15, 0.2) is 78.9 Å². The highest BCUT2D eigenvalue weighted by Gasteiger charge is 2.28. The van der Waals surface area contributed by atoms with Gasteiger partial charge in [-0.2, -0.15) is 0 Å². The first-order chi connectivity index (χ1) is 15.5. The highest BCUT2D eigenvalue weighted by atomic mass is 16.5. The first-order valence-electron chi connectivity index (χ1n) is 10.6. The van der Waals surface area contributed by atoms with Crippen LogP contribution in [0.1, 0.15) is 24.1 Å². The second-order valence-electron chi connectivity index (χ2n) is 7.51. The Morgan fingerprint density at radius 2 is 1.47 bits per heavy atom. The zero-order valence-electron chi connectivity index (χ0n) is 18.7. The third kappa shape index (κ3) is 6.18. The molecule has 0 saturated carbocycles. The smallest absolute Gasteiger partial charge is 0.246 e. The number of benzene rings is 3. The summed E-state index contributed by atoms with van der Waals surface area (Å²) >= 11 is 0.